The lowest BCUT2D eigenvalue weighted by Crippen LogP contribution is -2.25. The first kappa shape index (κ1) is 4.80. The van der Waals surface area contributed by atoms with Crippen molar-refractivity contribution in [2.24, 2.45) is 5.92 Å². The van der Waals surface area contributed by atoms with Crippen molar-refractivity contribution in [2.45, 2.75) is 12.8 Å². The number of hydrogen-bond acceptors (Lipinski definition) is 1. The van der Waals surface area contributed by atoms with Gasteiger partial charge in [-0.2, -0.15) is 0 Å². The van der Waals surface area contributed by atoms with Crippen molar-refractivity contribution in [1.29, 1.82) is 0 Å². The van der Waals surface area contributed by atoms with E-state index in [1.165, 1.54) is 32.5 Å². The van der Waals surface area contributed by atoms with E-state index in [9.17, 15) is 0 Å². The van der Waals surface area contributed by atoms with Crippen molar-refractivity contribution >= 4 is 0 Å². The van der Waals surface area contributed by atoms with Gasteiger partial charge in [-0.25, -0.2) is 0 Å². The van der Waals surface area contributed by atoms with Gasteiger partial charge in [-0.05, 0) is 31.7 Å². The minimum Gasteiger partial charge on any atom is -0.303 e. The summed E-state index contributed by atoms with van der Waals surface area (Å²) in [7, 11) is 0. The number of rotatable bonds is 0. The third-order valence-electron chi connectivity index (χ3n) is 2.24. The normalized spacial score (nSPS) is 45.0. The van der Waals surface area contributed by atoms with Crippen LogP contribution in [-0.2, 0) is 0 Å². The molecule has 2 atom stereocenters. The molecule has 0 amide bonds. The molecule has 2 saturated heterocycles. The average Bonchev–Trinajstić information content (AvgIpc) is 2.12. The van der Waals surface area contributed by atoms with Crippen molar-refractivity contribution in [3.05, 3.63) is 6.42 Å². The summed E-state index contributed by atoms with van der Waals surface area (Å²) < 4.78 is 0. The van der Waals surface area contributed by atoms with Gasteiger partial charge in [0.1, 0.15) is 0 Å². The monoisotopic (exact) mass is 110 g/mol. The summed E-state index contributed by atoms with van der Waals surface area (Å²) in [5.74, 6) is 0.962. The molecular formula is C7H12N. The van der Waals surface area contributed by atoms with Crippen molar-refractivity contribution < 1.29 is 0 Å². The molecule has 0 spiro atoms. The molecule has 2 fully saturated rings. The Labute approximate surface area is 50.7 Å². The van der Waals surface area contributed by atoms with Gasteiger partial charge in [0.2, 0.25) is 0 Å². The third kappa shape index (κ3) is 0.655. The fraction of sp³-hybridized carbons (Fsp3) is 0.857. The van der Waals surface area contributed by atoms with Gasteiger partial charge in [-0.15, -0.1) is 0 Å². The van der Waals surface area contributed by atoms with Crippen molar-refractivity contribution in [1.82, 2.24) is 4.90 Å². The molecule has 2 bridgehead atoms. The van der Waals surface area contributed by atoms with E-state index in [4.69, 9.17) is 0 Å². The van der Waals surface area contributed by atoms with Crippen LogP contribution in [0.2, 0.25) is 0 Å². The molecule has 2 unspecified atom stereocenters. The SMILES string of the molecule is [CH]1CN2CCCC1C2. The van der Waals surface area contributed by atoms with E-state index in [0.29, 0.717) is 0 Å². The fourth-order valence-electron chi connectivity index (χ4n) is 1.75. The highest BCUT2D eigenvalue weighted by molar-refractivity contribution is 4.92. The van der Waals surface area contributed by atoms with Gasteiger partial charge in [-0.3, -0.25) is 0 Å². The van der Waals surface area contributed by atoms with Gasteiger partial charge in [0.05, 0.1) is 0 Å². The Balaban J connectivity index is 2.03. The first-order chi connectivity index (χ1) is 3.95. The minimum atomic E-state index is 0.962. The van der Waals surface area contributed by atoms with Gasteiger partial charge >= 0.3 is 0 Å². The van der Waals surface area contributed by atoms with Crippen LogP contribution in [0, 0.1) is 12.3 Å². The molecule has 2 aliphatic heterocycles. The fourth-order valence-corrected chi connectivity index (χ4v) is 1.75. The minimum absolute atomic E-state index is 0.962. The molecule has 1 heteroatoms. The largest absolute Gasteiger partial charge is 0.303 e. The van der Waals surface area contributed by atoms with E-state index in [1.54, 1.807) is 0 Å². The standard InChI is InChI=1S/C7H12N/c1-2-7-3-5-8(4-1)6-7/h3,7H,1-2,4-6H2. The van der Waals surface area contributed by atoms with Gasteiger partial charge in [0, 0.05) is 13.1 Å². The van der Waals surface area contributed by atoms with Crippen molar-refractivity contribution in [3.63, 3.8) is 0 Å². The summed E-state index contributed by atoms with van der Waals surface area (Å²) in [4.78, 5) is 2.54. The maximum absolute atomic E-state index is 2.54. The second-order valence-electron chi connectivity index (χ2n) is 2.90. The highest BCUT2D eigenvalue weighted by atomic mass is 15.1. The zero-order valence-electron chi connectivity index (χ0n) is 5.14. The van der Waals surface area contributed by atoms with Crippen LogP contribution >= 0.6 is 0 Å². The molecule has 2 rings (SSSR count). The van der Waals surface area contributed by atoms with Crippen LogP contribution in [-0.4, -0.2) is 24.5 Å². The second kappa shape index (κ2) is 1.73. The molecule has 0 aromatic carbocycles. The van der Waals surface area contributed by atoms with E-state index in [1.807, 2.05) is 0 Å². The smallest absolute Gasteiger partial charge is 0.00161 e. The maximum Gasteiger partial charge on any atom is 0.00161 e. The molecule has 0 saturated carbocycles. The summed E-state index contributed by atoms with van der Waals surface area (Å²) in [5, 5.41) is 0. The Morgan fingerprint density at radius 2 is 2.50 bits per heavy atom. The molecule has 45 valence electrons. The highest BCUT2D eigenvalue weighted by Crippen LogP contribution is 2.24. The summed E-state index contributed by atoms with van der Waals surface area (Å²) in [6.07, 6.45) is 5.35. The Morgan fingerprint density at radius 3 is 3.25 bits per heavy atom. The molecular weight excluding hydrogens is 98.1 g/mol. The zero-order chi connectivity index (χ0) is 5.40. The Kier molecular flexibility index (Phi) is 1.04. The molecule has 2 heterocycles. The summed E-state index contributed by atoms with van der Waals surface area (Å²) in [6, 6.07) is 0. The van der Waals surface area contributed by atoms with Crippen LogP contribution in [0.1, 0.15) is 12.8 Å². The van der Waals surface area contributed by atoms with E-state index < -0.39 is 0 Å². The van der Waals surface area contributed by atoms with Crippen LogP contribution in [0.3, 0.4) is 0 Å². The first-order valence-corrected chi connectivity index (χ1v) is 3.51. The quantitative estimate of drug-likeness (QED) is 0.448. The first-order valence-electron chi connectivity index (χ1n) is 3.51. The predicted molar refractivity (Wildman–Crippen MR) is 33.5 cm³/mol. The van der Waals surface area contributed by atoms with E-state index in [-0.39, 0.29) is 0 Å². The molecule has 0 N–H and O–H groups in total. The van der Waals surface area contributed by atoms with Crippen LogP contribution in [0.15, 0.2) is 0 Å². The molecule has 1 nitrogen and oxygen atoms in total. The highest BCUT2D eigenvalue weighted by Gasteiger charge is 2.25. The lowest BCUT2D eigenvalue weighted by molar-refractivity contribution is 0.270. The van der Waals surface area contributed by atoms with Gasteiger partial charge < -0.3 is 4.90 Å². The maximum atomic E-state index is 2.54. The van der Waals surface area contributed by atoms with Gasteiger partial charge in [0.15, 0.2) is 0 Å². The molecule has 0 aliphatic carbocycles. The zero-order valence-corrected chi connectivity index (χ0v) is 5.14. The number of fused-ring (bicyclic) bond motifs is 2. The molecule has 0 aromatic heterocycles. The van der Waals surface area contributed by atoms with Crippen LogP contribution in [0.4, 0.5) is 0 Å². The lowest BCUT2D eigenvalue weighted by Gasteiger charge is -2.20. The van der Waals surface area contributed by atoms with Crippen LogP contribution in [0.25, 0.3) is 0 Å². The Hall–Kier alpha value is -0.0400. The Morgan fingerprint density at radius 1 is 1.50 bits per heavy atom. The second-order valence-corrected chi connectivity index (χ2v) is 2.90. The van der Waals surface area contributed by atoms with E-state index >= 15 is 0 Å². The number of nitrogens with zero attached hydrogens (tertiary/aromatic N) is 1. The summed E-state index contributed by atoms with van der Waals surface area (Å²) >= 11 is 0. The Bertz CT molecular complexity index is 76.4. The van der Waals surface area contributed by atoms with Gasteiger partial charge in [-0.1, -0.05) is 0 Å². The molecule has 1 radical (unpaired) electrons. The molecule has 8 heavy (non-hydrogen) atoms. The number of piperidine rings is 1. The van der Waals surface area contributed by atoms with Crippen molar-refractivity contribution in [2.75, 3.05) is 19.6 Å². The summed E-state index contributed by atoms with van der Waals surface area (Å²) in [5.41, 5.74) is 0. The van der Waals surface area contributed by atoms with Crippen LogP contribution in [0.5, 0.6) is 0 Å². The number of hydrogen-bond donors (Lipinski definition) is 0. The lowest BCUT2D eigenvalue weighted by atomic mass is 10.0. The van der Waals surface area contributed by atoms with E-state index in [2.05, 4.69) is 11.3 Å². The molecule has 2 aliphatic rings. The topological polar surface area (TPSA) is 3.24 Å². The van der Waals surface area contributed by atoms with Gasteiger partial charge in [0.25, 0.3) is 0 Å². The van der Waals surface area contributed by atoms with E-state index in [0.717, 1.165) is 5.92 Å². The van der Waals surface area contributed by atoms with Crippen LogP contribution < -0.4 is 0 Å². The molecule has 0 aromatic rings. The average molecular weight is 110 g/mol. The van der Waals surface area contributed by atoms with Crippen molar-refractivity contribution in [3.8, 4) is 0 Å². The third-order valence-corrected chi connectivity index (χ3v) is 2.24. The predicted octanol–water partition coefficient (Wildman–Crippen LogP) is 0.916. The summed E-state index contributed by atoms with van der Waals surface area (Å²) in [6.45, 7) is 3.98.